The van der Waals surface area contributed by atoms with Gasteiger partial charge in [0.1, 0.15) is 0 Å². The predicted molar refractivity (Wildman–Crippen MR) is 45.3 cm³/mol. The molecule has 0 radical (unpaired) electrons. The lowest BCUT2D eigenvalue weighted by Crippen LogP contribution is -2.44. The second kappa shape index (κ2) is 3.70. The van der Waals surface area contributed by atoms with Gasteiger partial charge in [0.15, 0.2) is 0 Å². The molecular formula is C9H15NO2. The fourth-order valence-electron chi connectivity index (χ4n) is 1.65. The molecule has 2 atom stereocenters. The van der Waals surface area contributed by atoms with Crippen LogP contribution in [0.25, 0.3) is 0 Å². The molecule has 0 bridgehead atoms. The molecule has 2 unspecified atom stereocenters. The second-order valence-electron chi connectivity index (χ2n) is 3.45. The van der Waals surface area contributed by atoms with Crippen molar-refractivity contribution in [3.05, 3.63) is 0 Å². The van der Waals surface area contributed by atoms with Gasteiger partial charge in [-0.3, -0.25) is 14.9 Å². The van der Waals surface area contributed by atoms with Crippen molar-refractivity contribution >= 4 is 11.8 Å². The minimum absolute atomic E-state index is 0.00245. The summed E-state index contributed by atoms with van der Waals surface area (Å²) >= 11 is 0. The summed E-state index contributed by atoms with van der Waals surface area (Å²) in [4.78, 5) is 22.1. The number of hydrogen-bond acceptors (Lipinski definition) is 2. The number of carbonyl (C=O) groups excluding carboxylic acids is 2. The van der Waals surface area contributed by atoms with E-state index in [-0.39, 0.29) is 23.7 Å². The van der Waals surface area contributed by atoms with Crippen LogP contribution in [0.2, 0.25) is 0 Å². The average Bonchev–Trinajstić information content (AvgIpc) is 2.00. The quantitative estimate of drug-likeness (QED) is 0.629. The van der Waals surface area contributed by atoms with Crippen molar-refractivity contribution in [2.24, 2.45) is 11.8 Å². The van der Waals surface area contributed by atoms with Crippen LogP contribution in [0.1, 0.15) is 33.1 Å². The van der Waals surface area contributed by atoms with Crippen LogP contribution in [0.3, 0.4) is 0 Å². The molecule has 1 rings (SSSR count). The fraction of sp³-hybridized carbons (Fsp3) is 0.778. The summed E-state index contributed by atoms with van der Waals surface area (Å²) in [6.07, 6.45) is 2.52. The highest BCUT2D eigenvalue weighted by molar-refractivity contribution is 5.98. The number of piperidine rings is 1. The van der Waals surface area contributed by atoms with Crippen LogP contribution >= 0.6 is 0 Å². The van der Waals surface area contributed by atoms with Gasteiger partial charge in [-0.2, -0.15) is 0 Å². The molecule has 0 spiro atoms. The second-order valence-corrected chi connectivity index (χ2v) is 3.45. The predicted octanol–water partition coefficient (Wildman–Crippen LogP) is 1.09. The maximum absolute atomic E-state index is 11.2. The molecule has 1 N–H and O–H groups in total. The molecule has 2 amide bonds. The van der Waals surface area contributed by atoms with Gasteiger partial charge in [-0.05, 0) is 12.3 Å². The van der Waals surface area contributed by atoms with E-state index in [4.69, 9.17) is 0 Å². The van der Waals surface area contributed by atoms with E-state index in [0.29, 0.717) is 6.42 Å². The van der Waals surface area contributed by atoms with Crippen molar-refractivity contribution in [3.63, 3.8) is 0 Å². The number of rotatable bonds is 2. The van der Waals surface area contributed by atoms with E-state index in [1.807, 2.05) is 6.92 Å². The Balaban J connectivity index is 2.59. The van der Waals surface area contributed by atoms with Crippen molar-refractivity contribution in [2.75, 3.05) is 0 Å². The zero-order valence-electron chi connectivity index (χ0n) is 7.59. The lowest BCUT2D eigenvalue weighted by Gasteiger charge is -2.26. The van der Waals surface area contributed by atoms with Crippen LogP contribution in [0.5, 0.6) is 0 Å². The van der Waals surface area contributed by atoms with E-state index < -0.39 is 0 Å². The summed E-state index contributed by atoms with van der Waals surface area (Å²) in [5.74, 6) is 0.0418. The zero-order valence-corrected chi connectivity index (χ0v) is 7.59. The lowest BCUT2D eigenvalue weighted by atomic mass is 9.84. The Bertz CT molecular complexity index is 201. The molecule has 1 fully saturated rings. The first-order chi connectivity index (χ1) is 5.65. The van der Waals surface area contributed by atoms with Crippen LogP contribution in [0.4, 0.5) is 0 Å². The molecule has 0 aromatic rings. The highest BCUT2D eigenvalue weighted by Crippen LogP contribution is 2.24. The van der Waals surface area contributed by atoms with Crippen LogP contribution in [-0.4, -0.2) is 11.8 Å². The number of hydrogen-bond donors (Lipinski definition) is 1. The highest BCUT2D eigenvalue weighted by Gasteiger charge is 2.31. The number of carbonyl (C=O) groups is 2. The van der Waals surface area contributed by atoms with Crippen molar-refractivity contribution in [2.45, 2.75) is 33.1 Å². The van der Waals surface area contributed by atoms with E-state index in [1.165, 1.54) is 0 Å². The largest absolute Gasteiger partial charge is 0.296 e. The number of imide groups is 1. The van der Waals surface area contributed by atoms with Gasteiger partial charge in [-0.1, -0.05) is 20.3 Å². The molecule has 3 nitrogen and oxygen atoms in total. The van der Waals surface area contributed by atoms with Crippen molar-refractivity contribution in [3.8, 4) is 0 Å². The van der Waals surface area contributed by atoms with Crippen molar-refractivity contribution in [1.82, 2.24) is 5.32 Å². The average molecular weight is 169 g/mol. The van der Waals surface area contributed by atoms with Crippen LogP contribution in [0, 0.1) is 11.8 Å². The van der Waals surface area contributed by atoms with Crippen molar-refractivity contribution in [1.29, 1.82) is 0 Å². The molecule has 1 saturated heterocycles. The molecule has 1 heterocycles. The third-order valence-electron chi connectivity index (χ3n) is 2.49. The maximum atomic E-state index is 11.2. The molecule has 68 valence electrons. The van der Waals surface area contributed by atoms with Gasteiger partial charge in [0.25, 0.3) is 0 Å². The Morgan fingerprint density at radius 1 is 1.50 bits per heavy atom. The third-order valence-corrected chi connectivity index (χ3v) is 2.49. The molecule has 1 aliphatic rings. The normalized spacial score (nSPS) is 30.2. The summed E-state index contributed by atoms with van der Waals surface area (Å²) < 4.78 is 0. The Hall–Kier alpha value is -0.860. The fourth-order valence-corrected chi connectivity index (χ4v) is 1.65. The molecule has 12 heavy (non-hydrogen) atoms. The van der Waals surface area contributed by atoms with E-state index in [9.17, 15) is 9.59 Å². The van der Waals surface area contributed by atoms with Gasteiger partial charge in [-0.25, -0.2) is 0 Å². The van der Waals surface area contributed by atoms with Gasteiger partial charge >= 0.3 is 0 Å². The molecule has 0 aliphatic carbocycles. The van der Waals surface area contributed by atoms with Gasteiger partial charge in [0.2, 0.25) is 11.8 Å². The number of amides is 2. The van der Waals surface area contributed by atoms with Crippen LogP contribution in [0.15, 0.2) is 0 Å². The SMILES string of the molecule is CCCC1CC(=O)NC(=O)C1C. The van der Waals surface area contributed by atoms with Gasteiger partial charge in [0.05, 0.1) is 0 Å². The summed E-state index contributed by atoms with van der Waals surface area (Å²) in [5, 5.41) is 2.34. The Labute approximate surface area is 72.5 Å². The molecule has 3 heteroatoms. The third kappa shape index (κ3) is 1.84. The maximum Gasteiger partial charge on any atom is 0.229 e. The monoisotopic (exact) mass is 169 g/mol. The minimum Gasteiger partial charge on any atom is -0.296 e. The molecule has 0 aromatic carbocycles. The summed E-state index contributed by atoms with van der Waals surface area (Å²) in [6, 6.07) is 0. The lowest BCUT2D eigenvalue weighted by molar-refractivity contribution is -0.138. The molecule has 1 aliphatic heterocycles. The summed E-state index contributed by atoms with van der Waals surface area (Å²) in [5.41, 5.74) is 0. The van der Waals surface area contributed by atoms with E-state index >= 15 is 0 Å². The minimum atomic E-state index is -0.114. The van der Waals surface area contributed by atoms with Gasteiger partial charge in [0, 0.05) is 12.3 Å². The first-order valence-corrected chi connectivity index (χ1v) is 4.48. The first-order valence-electron chi connectivity index (χ1n) is 4.48. The Kier molecular flexibility index (Phi) is 2.84. The van der Waals surface area contributed by atoms with Crippen molar-refractivity contribution < 1.29 is 9.59 Å². The van der Waals surface area contributed by atoms with Crippen LogP contribution < -0.4 is 5.32 Å². The van der Waals surface area contributed by atoms with E-state index in [0.717, 1.165) is 12.8 Å². The molecule has 0 saturated carbocycles. The van der Waals surface area contributed by atoms with Gasteiger partial charge in [-0.15, -0.1) is 0 Å². The topological polar surface area (TPSA) is 46.2 Å². The Morgan fingerprint density at radius 2 is 2.17 bits per heavy atom. The zero-order chi connectivity index (χ0) is 9.14. The molecule has 0 aromatic heterocycles. The Morgan fingerprint density at radius 3 is 2.75 bits per heavy atom. The van der Waals surface area contributed by atoms with Gasteiger partial charge < -0.3 is 0 Å². The standard InChI is InChI=1S/C9H15NO2/c1-3-4-7-5-8(11)10-9(12)6(7)2/h6-7H,3-5H2,1-2H3,(H,10,11,12). The highest BCUT2D eigenvalue weighted by atomic mass is 16.2. The van der Waals surface area contributed by atoms with E-state index in [2.05, 4.69) is 12.2 Å². The summed E-state index contributed by atoms with van der Waals surface area (Å²) in [7, 11) is 0. The number of nitrogens with one attached hydrogen (secondary N) is 1. The smallest absolute Gasteiger partial charge is 0.229 e. The summed E-state index contributed by atoms with van der Waals surface area (Å²) in [6.45, 7) is 3.96. The molecular weight excluding hydrogens is 154 g/mol. The van der Waals surface area contributed by atoms with Crippen LogP contribution in [-0.2, 0) is 9.59 Å². The van der Waals surface area contributed by atoms with E-state index in [1.54, 1.807) is 0 Å². The first kappa shape index (κ1) is 9.23.